The van der Waals surface area contributed by atoms with E-state index in [1.54, 1.807) is 6.92 Å². The van der Waals surface area contributed by atoms with Crippen LogP contribution in [0.5, 0.6) is 0 Å². The molecule has 0 amide bonds. The first kappa shape index (κ1) is 10.5. The normalized spacial score (nSPS) is 6.33. The van der Waals surface area contributed by atoms with Crippen molar-refractivity contribution >= 4 is 64.0 Å². The van der Waals surface area contributed by atoms with Crippen molar-refractivity contribution in [1.29, 1.82) is 0 Å². The fourth-order valence-electron chi connectivity index (χ4n) is 0. The summed E-state index contributed by atoms with van der Waals surface area (Å²) in [5, 5.41) is 0. The molecule has 0 aromatic carbocycles. The van der Waals surface area contributed by atoms with Crippen LogP contribution >= 0.6 is 0 Å². The van der Waals surface area contributed by atoms with Crippen LogP contribution in [0, 0.1) is 0 Å². The Hall–Kier alpha value is 1.48. The topological polar surface area (TPSA) is 17.1 Å². The number of hydrogen-bond donors (Lipinski definition) is 0. The third kappa shape index (κ3) is 9.08. The first-order valence-corrected chi connectivity index (χ1v) is 1.76. The molecule has 0 saturated carbocycles. The Morgan fingerprint density at radius 3 is 1.83 bits per heavy atom. The van der Waals surface area contributed by atoms with Gasteiger partial charge in [-0.2, -0.15) is 0 Å². The van der Waals surface area contributed by atoms with Gasteiger partial charge in [-0.1, -0.05) is 6.92 Å². The summed E-state index contributed by atoms with van der Waals surface area (Å²) in [5.41, 5.74) is 0. The minimum absolute atomic E-state index is 0. The number of carbonyl (C=O) groups excluding carboxylic acids is 1. The van der Waals surface area contributed by atoms with E-state index in [0.717, 1.165) is 0 Å². The quantitative estimate of drug-likeness (QED) is 0.538. The molecule has 0 N–H and O–H groups in total. The summed E-state index contributed by atoms with van der Waals surface area (Å²) in [6.45, 7) is 3.43. The molecule has 0 spiro atoms. The van der Waals surface area contributed by atoms with Gasteiger partial charge in [-0.25, -0.2) is 0 Å². The summed E-state index contributed by atoms with van der Waals surface area (Å²) in [7, 11) is 0. The van der Waals surface area contributed by atoms with Crippen molar-refractivity contribution in [1.82, 2.24) is 0 Å². The molecule has 0 atom stereocenters. The predicted octanol–water partition coefficient (Wildman–Crippen LogP) is 0.337. The Balaban J connectivity index is 0. The van der Waals surface area contributed by atoms with Gasteiger partial charge < -0.3 is 4.79 Å². The van der Waals surface area contributed by atoms with Crippen molar-refractivity contribution in [3.63, 3.8) is 0 Å². The Morgan fingerprint density at radius 2 is 1.83 bits per heavy atom. The van der Waals surface area contributed by atoms with Crippen LogP contribution in [-0.2, 0) is 4.79 Å². The summed E-state index contributed by atoms with van der Waals surface area (Å²) < 4.78 is 0. The van der Waals surface area contributed by atoms with Gasteiger partial charge in [0.2, 0.25) is 0 Å². The number of Topliss-reactive ketones (excluding diaryl/α,β-unsaturated/α-hetero) is 1. The Morgan fingerprint density at radius 1 is 1.67 bits per heavy atom. The zero-order chi connectivity index (χ0) is 4.28. The molecule has 1 nitrogen and oxygen atoms in total. The van der Waals surface area contributed by atoms with Crippen molar-refractivity contribution in [3.8, 4) is 0 Å². The Bertz CT molecular complexity index is 42.8. The van der Waals surface area contributed by atoms with E-state index in [1.807, 2.05) is 6.92 Å². The average Bonchev–Trinajstić information content (AvgIpc) is 1.38. The number of rotatable bonds is 1. The van der Waals surface area contributed by atoms with Crippen LogP contribution < -0.4 is 0 Å². The SMILES string of the molecule is CCC(C)=O.[RbH]. The van der Waals surface area contributed by atoms with E-state index in [2.05, 4.69) is 0 Å². The van der Waals surface area contributed by atoms with Gasteiger partial charge in [-0.15, -0.1) is 0 Å². The summed E-state index contributed by atoms with van der Waals surface area (Å²) in [4.78, 5) is 9.81. The van der Waals surface area contributed by atoms with Crippen LogP contribution in [0.1, 0.15) is 20.3 Å². The van der Waals surface area contributed by atoms with Gasteiger partial charge in [0.1, 0.15) is 5.78 Å². The molecule has 0 aliphatic rings. The molecule has 0 radical (unpaired) electrons. The van der Waals surface area contributed by atoms with Crippen LogP contribution in [0.15, 0.2) is 0 Å². The molecule has 0 heterocycles. The van der Waals surface area contributed by atoms with E-state index < -0.39 is 0 Å². The van der Waals surface area contributed by atoms with Gasteiger partial charge in [-0.3, -0.25) is 0 Å². The second-order valence-corrected chi connectivity index (χ2v) is 1.06. The molecule has 0 aromatic rings. The van der Waals surface area contributed by atoms with Crippen molar-refractivity contribution in [2.75, 3.05) is 0 Å². The second-order valence-electron chi connectivity index (χ2n) is 1.06. The zero-order valence-corrected chi connectivity index (χ0v) is 3.62. The summed E-state index contributed by atoms with van der Waals surface area (Å²) in [5.74, 6) is 0.255. The van der Waals surface area contributed by atoms with Crippen LogP contribution in [0.2, 0.25) is 0 Å². The summed E-state index contributed by atoms with van der Waals surface area (Å²) >= 11 is 0. The predicted molar refractivity (Wildman–Crippen MR) is 28.1 cm³/mol. The van der Waals surface area contributed by atoms with Gasteiger partial charge in [0.25, 0.3) is 0 Å². The third-order valence-corrected chi connectivity index (χ3v) is 0.498. The molecule has 0 aliphatic heterocycles. The number of carbonyl (C=O) groups is 1. The first-order valence-electron chi connectivity index (χ1n) is 1.76. The second kappa shape index (κ2) is 6.48. The van der Waals surface area contributed by atoms with E-state index in [-0.39, 0.29) is 64.0 Å². The van der Waals surface area contributed by atoms with Crippen molar-refractivity contribution in [3.05, 3.63) is 0 Å². The number of hydrogen-bond acceptors (Lipinski definition) is 1. The summed E-state index contributed by atoms with van der Waals surface area (Å²) in [6, 6.07) is 0. The van der Waals surface area contributed by atoms with Crippen LogP contribution in [0.25, 0.3) is 0 Å². The molecule has 0 aromatic heterocycles. The van der Waals surface area contributed by atoms with Gasteiger partial charge in [-0.05, 0) is 6.92 Å². The van der Waals surface area contributed by atoms with Crippen LogP contribution in [-0.4, -0.2) is 64.0 Å². The standard InChI is InChI=1S/C4H8O.Rb.H/c1-3-4(2)5;;/h3H2,1-2H3;;. The molecule has 0 saturated heterocycles. The Kier molecular flexibility index (Phi) is 11.3. The molecule has 6 heavy (non-hydrogen) atoms. The van der Waals surface area contributed by atoms with Gasteiger partial charge >= 0.3 is 58.2 Å². The first-order chi connectivity index (χ1) is 2.27. The Labute approximate surface area is 87.3 Å². The van der Waals surface area contributed by atoms with E-state index in [1.165, 1.54) is 0 Å². The van der Waals surface area contributed by atoms with Gasteiger partial charge in [0, 0.05) is 6.42 Å². The fraction of sp³-hybridized carbons (Fsp3) is 0.750. The van der Waals surface area contributed by atoms with Gasteiger partial charge in [0.05, 0.1) is 0 Å². The molecule has 0 unspecified atom stereocenters. The van der Waals surface area contributed by atoms with Gasteiger partial charge in [0.15, 0.2) is 0 Å². The molecule has 0 rings (SSSR count). The van der Waals surface area contributed by atoms with Crippen molar-refractivity contribution in [2.24, 2.45) is 0 Å². The number of ketones is 1. The van der Waals surface area contributed by atoms with E-state index >= 15 is 0 Å². The fourth-order valence-corrected chi connectivity index (χ4v) is 0. The average molecular weight is 159 g/mol. The molecule has 2 heteroatoms. The van der Waals surface area contributed by atoms with E-state index in [0.29, 0.717) is 6.42 Å². The minimum atomic E-state index is 0. The van der Waals surface area contributed by atoms with Crippen LogP contribution in [0.4, 0.5) is 0 Å². The molecule has 0 fully saturated rings. The molecular formula is C4H9ORb. The third-order valence-electron chi connectivity index (χ3n) is 0.498. The molecular weight excluding hydrogens is 150 g/mol. The van der Waals surface area contributed by atoms with Crippen molar-refractivity contribution < 1.29 is 4.79 Å². The molecule has 32 valence electrons. The maximum atomic E-state index is 9.81. The molecule has 0 aliphatic carbocycles. The monoisotopic (exact) mass is 158 g/mol. The van der Waals surface area contributed by atoms with E-state index in [9.17, 15) is 4.79 Å². The van der Waals surface area contributed by atoms with E-state index in [4.69, 9.17) is 0 Å². The van der Waals surface area contributed by atoms with Crippen LogP contribution in [0.3, 0.4) is 0 Å². The zero-order valence-electron chi connectivity index (χ0n) is 3.62. The summed E-state index contributed by atoms with van der Waals surface area (Å²) in [6.07, 6.45) is 0.667. The van der Waals surface area contributed by atoms with Crippen molar-refractivity contribution in [2.45, 2.75) is 20.3 Å². The molecule has 0 bridgehead atoms. The maximum absolute atomic E-state index is 9.81.